The summed E-state index contributed by atoms with van der Waals surface area (Å²) in [6, 6.07) is 17.0. The predicted octanol–water partition coefficient (Wildman–Crippen LogP) is 1.74. The van der Waals surface area contributed by atoms with E-state index in [4.69, 9.17) is 4.74 Å². The van der Waals surface area contributed by atoms with E-state index < -0.39 is 6.09 Å². The summed E-state index contributed by atoms with van der Waals surface area (Å²) in [5, 5.41) is 0. The predicted molar refractivity (Wildman–Crippen MR) is 107 cm³/mol. The fraction of sp³-hybridized carbons (Fsp3) is 0.435. The van der Waals surface area contributed by atoms with E-state index in [1.807, 2.05) is 30.3 Å². The molecule has 2 aromatic rings. The van der Waals surface area contributed by atoms with Gasteiger partial charge in [-0.3, -0.25) is 4.90 Å². The first-order valence-corrected chi connectivity index (χ1v) is 10.0. The number of carbonyl (C=O) groups is 1. The number of ether oxygens (including phenoxy) is 1. The van der Waals surface area contributed by atoms with Crippen LogP contribution in [-0.2, 0) is 11.3 Å². The van der Waals surface area contributed by atoms with Crippen LogP contribution in [0.5, 0.6) is 0 Å². The Balaban J connectivity index is 0.00000240. The van der Waals surface area contributed by atoms with E-state index in [0.717, 1.165) is 17.3 Å². The topological polar surface area (TPSA) is 29.5 Å². The Morgan fingerprint density at radius 3 is 2.24 bits per heavy atom. The highest BCUT2D eigenvalue weighted by atomic mass is 79.9. The number of rotatable bonds is 4. The van der Waals surface area contributed by atoms with Crippen LogP contribution in [0.1, 0.15) is 31.2 Å². The molecule has 2 saturated heterocycles. The van der Waals surface area contributed by atoms with Crippen molar-refractivity contribution in [2.24, 2.45) is 0 Å². The molecule has 0 spiro atoms. The Morgan fingerprint density at radius 1 is 1.03 bits per heavy atom. The summed E-state index contributed by atoms with van der Waals surface area (Å²) in [7, 11) is 4.57. The quantitative estimate of drug-likeness (QED) is 0.647. The molecule has 4 nitrogen and oxygen atoms in total. The fourth-order valence-corrected chi connectivity index (χ4v) is 4.80. The molecule has 0 saturated carbocycles. The summed E-state index contributed by atoms with van der Waals surface area (Å²) in [5.41, 5.74) is 1.19. The van der Waals surface area contributed by atoms with Crippen LogP contribution in [0.25, 0.3) is 0 Å². The lowest BCUT2D eigenvalue weighted by Crippen LogP contribution is -3.00. The van der Waals surface area contributed by atoms with Crippen molar-refractivity contribution in [1.82, 2.24) is 0 Å². The van der Waals surface area contributed by atoms with Gasteiger partial charge in [-0.1, -0.05) is 36.4 Å². The molecule has 2 atom stereocenters. The van der Waals surface area contributed by atoms with Gasteiger partial charge in [-0.15, -0.1) is 0 Å². The van der Waals surface area contributed by atoms with Crippen molar-refractivity contribution in [3.05, 3.63) is 66.0 Å². The number of benzene rings is 2. The van der Waals surface area contributed by atoms with Crippen molar-refractivity contribution >= 4 is 11.8 Å². The molecule has 0 aliphatic carbocycles. The zero-order valence-corrected chi connectivity index (χ0v) is 18.5. The van der Waals surface area contributed by atoms with Crippen LogP contribution in [0.4, 0.5) is 14.9 Å². The highest BCUT2D eigenvalue weighted by Gasteiger charge is 2.50. The minimum Gasteiger partial charge on any atom is -1.00 e. The van der Waals surface area contributed by atoms with E-state index in [0.29, 0.717) is 23.3 Å². The molecule has 2 aliphatic rings. The van der Waals surface area contributed by atoms with E-state index in [1.54, 1.807) is 18.2 Å². The van der Waals surface area contributed by atoms with Crippen LogP contribution in [0.15, 0.2) is 54.6 Å². The number of piperidine rings is 1. The molecular formula is C23H28BrFN2O2. The number of quaternary nitrogens is 1. The first-order valence-electron chi connectivity index (χ1n) is 10.0. The second-order valence-electron chi connectivity index (χ2n) is 8.50. The number of amides is 1. The molecule has 1 amide bonds. The van der Waals surface area contributed by atoms with Gasteiger partial charge < -0.3 is 26.2 Å². The molecular weight excluding hydrogens is 435 g/mol. The van der Waals surface area contributed by atoms with Crippen molar-refractivity contribution in [3.63, 3.8) is 0 Å². The highest BCUT2D eigenvalue weighted by Crippen LogP contribution is 2.40. The van der Waals surface area contributed by atoms with E-state index in [9.17, 15) is 9.18 Å². The van der Waals surface area contributed by atoms with Gasteiger partial charge >= 0.3 is 6.09 Å². The first-order chi connectivity index (χ1) is 13.4. The van der Waals surface area contributed by atoms with Crippen molar-refractivity contribution in [2.45, 2.75) is 50.4 Å². The number of fused-ring (bicyclic) bond motifs is 2. The fourth-order valence-electron chi connectivity index (χ4n) is 4.80. The smallest absolute Gasteiger partial charge is 0.414 e. The monoisotopic (exact) mass is 462 g/mol. The molecule has 2 aliphatic heterocycles. The van der Waals surface area contributed by atoms with Gasteiger partial charge in [-0.2, -0.15) is 0 Å². The van der Waals surface area contributed by atoms with Crippen LogP contribution >= 0.6 is 0 Å². The third-order valence-corrected chi connectivity index (χ3v) is 6.63. The molecule has 156 valence electrons. The number of anilines is 1. The van der Waals surface area contributed by atoms with Gasteiger partial charge in [-0.05, 0) is 18.2 Å². The molecule has 2 unspecified atom stereocenters. The van der Waals surface area contributed by atoms with Gasteiger partial charge in [0.2, 0.25) is 0 Å². The van der Waals surface area contributed by atoms with E-state index in [2.05, 4.69) is 14.1 Å². The van der Waals surface area contributed by atoms with Crippen molar-refractivity contribution in [2.75, 3.05) is 19.0 Å². The maximum Gasteiger partial charge on any atom is 0.414 e. The third-order valence-electron chi connectivity index (χ3n) is 6.63. The molecule has 0 N–H and O–H groups in total. The number of para-hydroxylation sites is 1. The number of hydrogen-bond donors (Lipinski definition) is 0. The van der Waals surface area contributed by atoms with Gasteiger partial charge in [0.15, 0.2) is 0 Å². The third kappa shape index (κ3) is 4.48. The maximum absolute atomic E-state index is 14.2. The number of carbonyl (C=O) groups excluding carboxylic acids is 1. The number of halogens is 2. The standard InChI is InChI=1S/C23H28FN2O2.BrH/c1-26(2)19-12-13-20(26)15-21(14-19)28-23(27)25(18-9-4-3-5-10-18)16-17-8-6-7-11-22(17)24;/h3-11,19-21H,12-16H2,1-2H3;1H/q+1;/p-1. The molecule has 0 aromatic heterocycles. The largest absolute Gasteiger partial charge is 1.00 e. The van der Waals surface area contributed by atoms with Crippen molar-refractivity contribution in [3.8, 4) is 0 Å². The molecule has 6 heteroatoms. The normalized spacial score (nSPS) is 24.4. The van der Waals surface area contributed by atoms with Crippen LogP contribution in [0, 0.1) is 5.82 Å². The van der Waals surface area contributed by atoms with Gasteiger partial charge in [-0.25, -0.2) is 9.18 Å². The van der Waals surface area contributed by atoms with E-state index >= 15 is 0 Å². The average molecular weight is 463 g/mol. The summed E-state index contributed by atoms with van der Waals surface area (Å²) in [6.07, 6.45) is 3.73. The molecule has 2 fully saturated rings. The Kier molecular flexibility index (Phi) is 6.64. The Bertz CT molecular complexity index is 830. The molecule has 2 bridgehead atoms. The summed E-state index contributed by atoms with van der Waals surface area (Å²) in [4.78, 5) is 14.6. The average Bonchev–Trinajstić information content (AvgIpc) is 2.85. The van der Waals surface area contributed by atoms with Crippen molar-refractivity contribution in [1.29, 1.82) is 0 Å². The second-order valence-corrected chi connectivity index (χ2v) is 8.50. The Hall–Kier alpha value is -1.92. The molecule has 0 radical (unpaired) electrons. The second kappa shape index (κ2) is 8.84. The lowest BCUT2D eigenvalue weighted by atomic mass is 9.98. The zero-order valence-electron chi connectivity index (χ0n) is 16.9. The van der Waals surface area contributed by atoms with Crippen LogP contribution in [0.3, 0.4) is 0 Å². The van der Waals surface area contributed by atoms with Crippen LogP contribution in [-0.4, -0.2) is 42.9 Å². The molecule has 4 rings (SSSR count). The lowest BCUT2D eigenvalue weighted by Gasteiger charge is -2.44. The molecule has 2 aromatic carbocycles. The highest BCUT2D eigenvalue weighted by molar-refractivity contribution is 5.87. The van der Waals surface area contributed by atoms with Crippen LogP contribution in [0.2, 0.25) is 0 Å². The van der Waals surface area contributed by atoms with Crippen molar-refractivity contribution < 1.29 is 35.4 Å². The number of nitrogens with zero attached hydrogens (tertiary/aromatic N) is 2. The zero-order chi connectivity index (χ0) is 19.7. The van der Waals surface area contributed by atoms with Crippen LogP contribution < -0.4 is 21.9 Å². The number of hydrogen-bond acceptors (Lipinski definition) is 2. The summed E-state index contributed by atoms with van der Waals surface area (Å²) >= 11 is 0. The lowest BCUT2D eigenvalue weighted by molar-refractivity contribution is -0.931. The summed E-state index contributed by atoms with van der Waals surface area (Å²) < 4.78 is 21.2. The first kappa shape index (κ1) is 21.8. The van der Waals surface area contributed by atoms with E-state index in [1.165, 1.54) is 23.8 Å². The summed E-state index contributed by atoms with van der Waals surface area (Å²) in [5.74, 6) is -0.314. The minimum absolute atomic E-state index is 0. The maximum atomic E-state index is 14.2. The van der Waals surface area contributed by atoms with Gasteiger partial charge in [0.25, 0.3) is 0 Å². The Labute approximate surface area is 182 Å². The SMILES string of the molecule is C[N+]1(C)C2CCC1CC(OC(=O)N(Cc1ccccc1F)c1ccccc1)C2.[Br-]. The summed E-state index contributed by atoms with van der Waals surface area (Å²) in [6.45, 7) is 0.149. The Morgan fingerprint density at radius 2 is 1.62 bits per heavy atom. The molecule has 2 heterocycles. The van der Waals surface area contributed by atoms with Gasteiger partial charge in [0, 0.05) is 36.9 Å². The van der Waals surface area contributed by atoms with E-state index in [-0.39, 0.29) is 35.4 Å². The van der Waals surface area contributed by atoms with Gasteiger partial charge in [0.05, 0.1) is 32.7 Å². The van der Waals surface area contributed by atoms with Gasteiger partial charge in [0.1, 0.15) is 11.9 Å². The minimum atomic E-state index is -0.397. The molecule has 29 heavy (non-hydrogen) atoms.